The first-order valence-electron chi connectivity index (χ1n) is 4.02. The lowest BCUT2D eigenvalue weighted by atomic mass is 9.95. The minimum absolute atomic E-state index is 0.866. The SMILES string of the molecule is C[C](CC(C)C)C1CC1. The highest BCUT2D eigenvalue weighted by atomic mass is 14.3. The molecule has 1 aliphatic carbocycles. The van der Waals surface area contributed by atoms with Crippen molar-refractivity contribution < 1.29 is 0 Å². The van der Waals surface area contributed by atoms with Crippen molar-refractivity contribution in [3.8, 4) is 0 Å². The van der Waals surface area contributed by atoms with Crippen LogP contribution < -0.4 is 0 Å². The van der Waals surface area contributed by atoms with Crippen LogP contribution in [-0.2, 0) is 0 Å². The fraction of sp³-hybridized carbons (Fsp3) is 0.889. The van der Waals surface area contributed by atoms with Crippen LogP contribution in [0, 0.1) is 17.8 Å². The van der Waals surface area contributed by atoms with E-state index in [2.05, 4.69) is 20.8 Å². The molecular weight excluding hydrogens is 108 g/mol. The predicted molar refractivity (Wildman–Crippen MR) is 41.1 cm³/mol. The summed E-state index contributed by atoms with van der Waals surface area (Å²) in [6, 6.07) is 0. The fourth-order valence-corrected chi connectivity index (χ4v) is 1.39. The van der Waals surface area contributed by atoms with E-state index < -0.39 is 0 Å². The Balaban J connectivity index is 2.10. The van der Waals surface area contributed by atoms with E-state index in [1.54, 1.807) is 5.92 Å². The summed E-state index contributed by atoms with van der Waals surface area (Å²) in [5.74, 6) is 3.63. The van der Waals surface area contributed by atoms with Crippen molar-refractivity contribution in [3.05, 3.63) is 5.92 Å². The molecule has 53 valence electrons. The molecule has 1 saturated carbocycles. The first kappa shape index (κ1) is 7.11. The molecule has 1 radical (unpaired) electrons. The maximum Gasteiger partial charge on any atom is -0.0238 e. The molecule has 0 nitrogen and oxygen atoms in total. The summed E-state index contributed by atoms with van der Waals surface area (Å²) in [5, 5.41) is 0. The molecule has 1 fully saturated rings. The molecule has 9 heavy (non-hydrogen) atoms. The van der Waals surface area contributed by atoms with Gasteiger partial charge in [0.1, 0.15) is 0 Å². The van der Waals surface area contributed by atoms with Gasteiger partial charge in [0.2, 0.25) is 0 Å². The van der Waals surface area contributed by atoms with E-state index in [1.807, 2.05) is 0 Å². The standard InChI is InChI=1S/C9H17/c1-7(2)6-8(3)9-4-5-9/h7,9H,4-6H2,1-3H3. The third-order valence-corrected chi connectivity index (χ3v) is 2.00. The molecule has 0 heterocycles. The summed E-state index contributed by atoms with van der Waals surface area (Å²) in [7, 11) is 0. The van der Waals surface area contributed by atoms with Gasteiger partial charge in [0.25, 0.3) is 0 Å². The molecule has 0 atom stereocenters. The lowest BCUT2D eigenvalue weighted by Crippen LogP contribution is -1.98. The van der Waals surface area contributed by atoms with Crippen LogP contribution in [0.4, 0.5) is 0 Å². The minimum Gasteiger partial charge on any atom is -0.0628 e. The largest absolute Gasteiger partial charge is 0.0628 e. The normalized spacial score (nSPS) is 19.7. The van der Waals surface area contributed by atoms with Crippen LogP contribution >= 0.6 is 0 Å². The van der Waals surface area contributed by atoms with E-state index in [0.717, 1.165) is 11.8 Å². The van der Waals surface area contributed by atoms with Crippen LogP contribution in [-0.4, -0.2) is 0 Å². The van der Waals surface area contributed by atoms with E-state index in [0.29, 0.717) is 0 Å². The van der Waals surface area contributed by atoms with Gasteiger partial charge in [-0.25, -0.2) is 0 Å². The third kappa shape index (κ3) is 2.38. The second-order valence-corrected chi connectivity index (χ2v) is 3.72. The Labute approximate surface area is 58.7 Å². The molecule has 0 N–H and O–H groups in total. The molecule has 0 amide bonds. The lowest BCUT2D eigenvalue weighted by Gasteiger charge is -2.10. The van der Waals surface area contributed by atoms with Crippen LogP contribution in [0.1, 0.15) is 40.0 Å². The molecule has 1 aliphatic rings. The Morgan fingerprint density at radius 1 is 1.44 bits per heavy atom. The Morgan fingerprint density at radius 3 is 2.33 bits per heavy atom. The quantitative estimate of drug-likeness (QED) is 0.544. The molecule has 0 saturated heterocycles. The number of rotatable bonds is 3. The van der Waals surface area contributed by atoms with E-state index in [9.17, 15) is 0 Å². The Bertz CT molecular complexity index is 80.0. The zero-order chi connectivity index (χ0) is 6.85. The van der Waals surface area contributed by atoms with Crippen LogP contribution in [0.25, 0.3) is 0 Å². The zero-order valence-electron chi connectivity index (χ0n) is 6.78. The van der Waals surface area contributed by atoms with Gasteiger partial charge in [-0.05, 0) is 37.0 Å². The molecule has 0 bridgehead atoms. The van der Waals surface area contributed by atoms with Crippen molar-refractivity contribution in [2.75, 3.05) is 0 Å². The molecule has 0 heteroatoms. The van der Waals surface area contributed by atoms with E-state index in [1.165, 1.54) is 19.3 Å². The van der Waals surface area contributed by atoms with E-state index in [4.69, 9.17) is 0 Å². The van der Waals surface area contributed by atoms with Gasteiger partial charge in [-0.15, -0.1) is 0 Å². The average molecular weight is 125 g/mol. The van der Waals surface area contributed by atoms with E-state index in [-0.39, 0.29) is 0 Å². The first-order valence-corrected chi connectivity index (χ1v) is 4.02. The summed E-state index contributed by atoms with van der Waals surface area (Å²) < 4.78 is 0. The van der Waals surface area contributed by atoms with Crippen molar-refractivity contribution in [1.29, 1.82) is 0 Å². The monoisotopic (exact) mass is 125 g/mol. The molecule has 1 rings (SSSR count). The molecule has 0 spiro atoms. The lowest BCUT2D eigenvalue weighted by molar-refractivity contribution is 0.563. The maximum absolute atomic E-state index is 2.32. The van der Waals surface area contributed by atoms with Gasteiger partial charge in [-0.1, -0.05) is 20.8 Å². The van der Waals surface area contributed by atoms with Gasteiger partial charge >= 0.3 is 0 Å². The molecule has 0 unspecified atom stereocenters. The molecule has 0 aromatic carbocycles. The highest BCUT2D eigenvalue weighted by Gasteiger charge is 2.28. The Kier molecular flexibility index (Phi) is 2.15. The smallest absolute Gasteiger partial charge is 0.0238 e. The highest BCUT2D eigenvalue weighted by Crippen LogP contribution is 2.40. The topological polar surface area (TPSA) is 0 Å². The zero-order valence-corrected chi connectivity index (χ0v) is 6.78. The van der Waals surface area contributed by atoms with Gasteiger partial charge in [0.15, 0.2) is 0 Å². The maximum atomic E-state index is 2.32. The second kappa shape index (κ2) is 2.72. The summed E-state index contributed by atoms with van der Waals surface area (Å²) in [6.45, 7) is 6.91. The van der Waals surface area contributed by atoms with Gasteiger partial charge in [0.05, 0.1) is 0 Å². The molecule has 0 aromatic rings. The fourth-order valence-electron chi connectivity index (χ4n) is 1.39. The van der Waals surface area contributed by atoms with E-state index >= 15 is 0 Å². The summed E-state index contributed by atoms with van der Waals surface area (Å²) in [6.07, 6.45) is 4.29. The number of hydrogen-bond donors (Lipinski definition) is 0. The first-order chi connectivity index (χ1) is 4.20. The van der Waals surface area contributed by atoms with Gasteiger partial charge in [0, 0.05) is 0 Å². The minimum atomic E-state index is 0.866. The summed E-state index contributed by atoms with van der Waals surface area (Å²) in [5.41, 5.74) is 0. The van der Waals surface area contributed by atoms with Crippen molar-refractivity contribution in [3.63, 3.8) is 0 Å². The Hall–Kier alpha value is 0. The van der Waals surface area contributed by atoms with Crippen molar-refractivity contribution in [2.24, 2.45) is 11.8 Å². The van der Waals surface area contributed by atoms with Crippen LogP contribution in [0.15, 0.2) is 0 Å². The van der Waals surface area contributed by atoms with Crippen LogP contribution in [0.2, 0.25) is 0 Å². The van der Waals surface area contributed by atoms with Gasteiger partial charge < -0.3 is 0 Å². The highest BCUT2D eigenvalue weighted by molar-refractivity contribution is 4.99. The predicted octanol–water partition coefficient (Wildman–Crippen LogP) is 3.04. The molecular formula is C9H17. The van der Waals surface area contributed by atoms with Crippen LogP contribution in [0.3, 0.4) is 0 Å². The van der Waals surface area contributed by atoms with Crippen molar-refractivity contribution in [2.45, 2.75) is 40.0 Å². The van der Waals surface area contributed by atoms with Gasteiger partial charge in [-0.3, -0.25) is 0 Å². The van der Waals surface area contributed by atoms with Crippen LogP contribution in [0.5, 0.6) is 0 Å². The van der Waals surface area contributed by atoms with Crippen molar-refractivity contribution >= 4 is 0 Å². The summed E-state index contributed by atoms with van der Waals surface area (Å²) >= 11 is 0. The Morgan fingerprint density at radius 2 is 2.00 bits per heavy atom. The average Bonchev–Trinajstić information content (AvgIpc) is 2.40. The molecule has 0 aromatic heterocycles. The third-order valence-electron chi connectivity index (χ3n) is 2.00. The molecule has 0 aliphatic heterocycles. The number of hydrogen-bond acceptors (Lipinski definition) is 0. The van der Waals surface area contributed by atoms with Crippen molar-refractivity contribution in [1.82, 2.24) is 0 Å². The summed E-state index contributed by atoms with van der Waals surface area (Å²) in [4.78, 5) is 0. The second-order valence-electron chi connectivity index (χ2n) is 3.72. The van der Waals surface area contributed by atoms with Gasteiger partial charge in [-0.2, -0.15) is 0 Å².